The number of nitrogens with zero attached hydrogens (tertiary/aromatic N) is 1. The fourth-order valence-electron chi connectivity index (χ4n) is 3.16. The number of amides is 1. The SMILES string of the molecule is COc1ccc(NC(=O)Cc2coc(-c3ccccc3)n2)cc1S(=O)(=O)Nc1ccc(Cl)cc1. The highest BCUT2D eigenvalue weighted by Crippen LogP contribution is 2.29. The van der Waals surface area contributed by atoms with Gasteiger partial charge in [-0.2, -0.15) is 0 Å². The molecular formula is C24H20ClN3O5S. The fraction of sp³-hybridized carbons (Fsp3) is 0.0833. The Bertz CT molecular complexity index is 1400. The van der Waals surface area contributed by atoms with Gasteiger partial charge in [0.05, 0.1) is 19.2 Å². The molecule has 3 aromatic carbocycles. The van der Waals surface area contributed by atoms with Crippen LogP contribution in [0, 0.1) is 0 Å². The maximum absolute atomic E-state index is 13.0. The molecule has 1 amide bonds. The van der Waals surface area contributed by atoms with Gasteiger partial charge in [0.1, 0.15) is 16.9 Å². The number of rotatable bonds is 8. The zero-order valence-electron chi connectivity index (χ0n) is 18.0. The predicted molar refractivity (Wildman–Crippen MR) is 130 cm³/mol. The van der Waals surface area contributed by atoms with Crippen molar-refractivity contribution in [2.24, 2.45) is 0 Å². The van der Waals surface area contributed by atoms with Crippen LogP contribution in [0.5, 0.6) is 5.75 Å². The Labute approximate surface area is 201 Å². The van der Waals surface area contributed by atoms with Crippen molar-refractivity contribution in [2.75, 3.05) is 17.1 Å². The number of ether oxygens (including phenoxy) is 1. The highest BCUT2D eigenvalue weighted by molar-refractivity contribution is 7.92. The zero-order chi connectivity index (χ0) is 24.1. The minimum absolute atomic E-state index is 0.0481. The molecular weight excluding hydrogens is 478 g/mol. The van der Waals surface area contributed by atoms with Crippen LogP contribution in [0.25, 0.3) is 11.5 Å². The average Bonchev–Trinajstić information content (AvgIpc) is 3.29. The lowest BCUT2D eigenvalue weighted by molar-refractivity contribution is -0.115. The summed E-state index contributed by atoms with van der Waals surface area (Å²) in [7, 11) is -2.65. The number of halogens is 1. The maximum Gasteiger partial charge on any atom is 0.265 e. The molecule has 4 rings (SSSR count). The molecule has 0 aliphatic rings. The lowest BCUT2D eigenvalue weighted by Gasteiger charge is -2.13. The molecule has 0 saturated carbocycles. The van der Waals surface area contributed by atoms with E-state index in [0.717, 1.165) is 5.56 Å². The summed E-state index contributed by atoms with van der Waals surface area (Å²) in [5.74, 6) is 0.157. The van der Waals surface area contributed by atoms with Crippen LogP contribution in [-0.2, 0) is 21.2 Å². The predicted octanol–water partition coefficient (Wildman–Crippen LogP) is 4.99. The monoisotopic (exact) mass is 497 g/mol. The van der Waals surface area contributed by atoms with Crippen molar-refractivity contribution in [3.05, 3.63) is 89.8 Å². The van der Waals surface area contributed by atoms with Crippen LogP contribution in [-0.4, -0.2) is 26.4 Å². The first-order valence-electron chi connectivity index (χ1n) is 10.1. The van der Waals surface area contributed by atoms with Crippen molar-refractivity contribution in [3.63, 3.8) is 0 Å². The average molecular weight is 498 g/mol. The maximum atomic E-state index is 13.0. The van der Waals surface area contributed by atoms with E-state index >= 15 is 0 Å². The summed E-state index contributed by atoms with van der Waals surface area (Å²) < 4.78 is 39.1. The number of hydrogen-bond acceptors (Lipinski definition) is 6. The number of oxazole rings is 1. The van der Waals surface area contributed by atoms with E-state index in [0.29, 0.717) is 22.3 Å². The van der Waals surface area contributed by atoms with Gasteiger partial charge in [0, 0.05) is 22.0 Å². The van der Waals surface area contributed by atoms with Gasteiger partial charge in [0.25, 0.3) is 10.0 Å². The number of benzene rings is 3. The second kappa shape index (κ2) is 9.98. The van der Waals surface area contributed by atoms with Gasteiger partial charge in [-0.3, -0.25) is 9.52 Å². The number of carbonyl (C=O) groups excluding carboxylic acids is 1. The molecule has 8 nitrogen and oxygen atoms in total. The molecule has 0 radical (unpaired) electrons. The summed E-state index contributed by atoms with van der Waals surface area (Å²) in [6.07, 6.45) is 1.37. The van der Waals surface area contributed by atoms with E-state index in [1.807, 2.05) is 30.3 Å². The molecule has 1 aromatic heterocycles. The molecule has 34 heavy (non-hydrogen) atoms. The Kier molecular flexibility index (Phi) is 6.85. The summed E-state index contributed by atoms with van der Waals surface area (Å²) in [4.78, 5) is 16.8. The van der Waals surface area contributed by atoms with E-state index in [4.69, 9.17) is 20.8 Å². The van der Waals surface area contributed by atoms with E-state index in [-0.39, 0.29) is 28.7 Å². The quantitative estimate of drug-likeness (QED) is 0.355. The van der Waals surface area contributed by atoms with E-state index < -0.39 is 10.0 Å². The number of carbonyl (C=O) groups is 1. The van der Waals surface area contributed by atoms with Crippen molar-refractivity contribution >= 4 is 38.9 Å². The first-order valence-corrected chi connectivity index (χ1v) is 12.0. The van der Waals surface area contributed by atoms with E-state index in [2.05, 4.69) is 15.0 Å². The van der Waals surface area contributed by atoms with Crippen LogP contribution >= 0.6 is 11.6 Å². The molecule has 0 unspecified atom stereocenters. The normalized spacial score (nSPS) is 11.1. The summed E-state index contributed by atoms with van der Waals surface area (Å²) in [5.41, 5.74) is 1.87. The Hall–Kier alpha value is -3.82. The van der Waals surface area contributed by atoms with Gasteiger partial charge in [-0.15, -0.1) is 0 Å². The first kappa shape index (κ1) is 23.3. The Balaban J connectivity index is 1.49. The second-order valence-corrected chi connectivity index (χ2v) is 9.30. The lowest BCUT2D eigenvalue weighted by atomic mass is 10.2. The molecule has 0 saturated heterocycles. The van der Waals surface area contributed by atoms with Crippen LogP contribution in [0.2, 0.25) is 5.02 Å². The zero-order valence-corrected chi connectivity index (χ0v) is 19.6. The Morgan fingerprint density at radius 3 is 2.44 bits per heavy atom. The molecule has 2 N–H and O–H groups in total. The number of methoxy groups -OCH3 is 1. The van der Waals surface area contributed by atoms with Gasteiger partial charge in [0.2, 0.25) is 11.8 Å². The van der Waals surface area contributed by atoms with Gasteiger partial charge in [-0.1, -0.05) is 29.8 Å². The largest absolute Gasteiger partial charge is 0.495 e. The number of aromatic nitrogens is 1. The summed E-state index contributed by atoms with van der Waals surface area (Å²) in [6.45, 7) is 0. The first-order chi connectivity index (χ1) is 16.3. The topological polar surface area (TPSA) is 111 Å². The van der Waals surface area contributed by atoms with Crippen molar-refractivity contribution < 1.29 is 22.4 Å². The summed E-state index contributed by atoms with van der Waals surface area (Å²) in [5, 5.41) is 3.17. The molecule has 0 bridgehead atoms. The van der Waals surface area contributed by atoms with Gasteiger partial charge in [0.15, 0.2) is 0 Å². The van der Waals surface area contributed by atoms with Crippen LogP contribution in [0.3, 0.4) is 0 Å². The Morgan fingerprint density at radius 2 is 1.74 bits per heavy atom. The van der Waals surface area contributed by atoms with Crippen LogP contribution in [0.4, 0.5) is 11.4 Å². The molecule has 0 aliphatic heterocycles. The van der Waals surface area contributed by atoms with E-state index in [9.17, 15) is 13.2 Å². The van der Waals surface area contributed by atoms with Crippen LogP contribution in [0.1, 0.15) is 5.69 Å². The molecule has 0 aliphatic carbocycles. The van der Waals surface area contributed by atoms with Crippen molar-refractivity contribution in [2.45, 2.75) is 11.3 Å². The van der Waals surface area contributed by atoms with Gasteiger partial charge in [-0.05, 0) is 54.6 Å². The third-order valence-electron chi connectivity index (χ3n) is 4.75. The highest BCUT2D eigenvalue weighted by Gasteiger charge is 2.21. The van der Waals surface area contributed by atoms with Gasteiger partial charge >= 0.3 is 0 Å². The summed E-state index contributed by atoms with van der Waals surface area (Å²) in [6, 6.07) is 19.9. The molecule has 10 heteroatoms. The molecule has 0 fully saturated rings. The van der Waals surface area contributed by atoms with Crippen molar-refractivity contribution in [1.29, 1.82) is 0 Å². The number of anilines is 2. The van der Waals surface area contributed by atoms with Crippen LogP contribution in [0.15, 0.2) is 88.4 Å². The minimum atomic E-state index is -4.01. The van der Waals surface area contributed by atoms with Crippen molar-refractivity contribution in [3.8, 4) is 17.2 Å². The molecule has 0 spiro atoms. The fourth-order valence-corrected chi connectivity index (χ4v) is 4.54. The molecule has 0 atom stereocenters. The minimum Gasteiger partial charge on any atom is -0.495 e. The van der Waals surface area contributed by atoms with Crippen molar-refractivity contribution in [1.82, 2.24) is 4.98 Å². The number of nitrogens with one attached hydrogen (secondary N) is 2. The van der Waals surface area contributed by atoms with Gasteiger partial charge < -0.3 is 14.5 Å². The standard InChI is InChI=1S/C24H20ClN3O5S/c1-32-21-12-11-19(13-22(21)34(30,31)28-18-9-7-17(25)8-10-18)26-23(29)14-20-15-33-24(27-20)16-5-3-2-4-6-16/h2-13,15,28H,14H2,1H3,(H,26,29). The van der Waals surface area contributed by atoms with Crippen LogP contribution < -0.4 is 14.8 Å². The van der Waals surface area contributed by atoms with Gasteiger partial charge in [-0.25, -0.2) is 13.4 Å². The summed E-state index contributed by atoms with van der Waals surface area (Å²) >= 11 is 5.86. The molecule has 174 valence electrons. The Morgan fingerprint density at radius 1 is 1.03 bits per heavy atom. The smallest absolute Gasteiger partial charge is 0.265 e. The lowest BCUT2D eigenvalue weighted by Crippen LogP contribution is -2.17. The van der Waals surface area contributed by atoms with E-state index in [1.165, 1.54) is 25.5 Å². The second-order valence-electron chi connectivity index (χ2n) is 7.21. The van der Waals surface area contributed by atoms with E-state index in [1.54, 1.807) is 30.3 Å². The highest BCUT2D eigenvalue weighted by atomic mass is 35.5. The number of sulfonamides is 1. The number of hydrogen-bond donors (Lipinski definition) is 2. The third kappa shape index (κ3) is 5.56. The molecule has 4 aromatic rings. The third-order valence-corrected chi connectivity index (χ3v) is 6.40. The molecule has 1 heterocycles.